The maximum atomic E-state index is 13.4. The molecule has 6 heteroatoms. The van der Waals surface area contributed by atoms with E-state index in [0.29, 0.717) is 23.2 Å². The summed E-state index contributed by atoms with van der Waals surface area (Å²) in [4.78, 5) is 13.1. The predicted octanol–water partition coefficient (Wildman–Crippen LogP) is 5.03. The number of aryl methyl sites for hydroxylation is 2. The summed E-state index contributed by atoms with van der Waals surface area (Å²) < 4.78 is 28.0. The SMILES string of the molecule is Cc1ccc(C(=O)c2cccc(N(CCCC#N)S(=O)(=O)c3ccc(C)cc3)c2)cc1. The molecule has 158 valence electrons. The molecule has 0 amide bonds. The van der Waals surface area contributed by atoms with Crippen LogP contribution in [-0.2, 0) is 10.0 Å². The summed E-state index contributed by atoms with van der Waals surface area (Å²) in [6, 6.07) is 22.6. The molecular formula is C25H24N2O3S. The fourth-order valence-corrected chi connectivity index (χ4v) is 4.70. The van der Waals surface area contributed by atoms with Crippen molar-refractivity contribution < 1.29 is 13.2 Å². The molecule has 3 aromatic carbocycles. The molecule has 0 unspecified atom stereocenters. The van der Waals surface area contributed by atoms with Crippen LogP contribution in [0.15, 0.2) is 77.7 Å². The molecule has 0 bridgehead atoms. The van der Waals surface area contributed by atoms with Gasteiger partial charge in [0.05, 0.1) is 16.7 Å². The molecule has 31 heavy (non-hydrogen) atoms. The normalized spacial score (nSPS) is 11.0. The minimum absolute atomic E-state index is 0.145. The maximum absolute atomic E-state index is 13.4. The van der Waals surface area contributed by atoms with Crippen LogP contribution in [0.3, 0.4) is 0 Å². The zero-order valence-electron chi connectivity index (χ0n) is 17.6. The largest absolute Gasteiger partial charge is 0.289 e. The zero-order valence-corrected chi connectivity index (χ0v) is 18.4. The molecule has 0 aromatic heterocycles. The average Bonchev–Trinajstić information content (AvgIpc) is 2.77. The third-order valence-electron chi connectivity index (χ3n) is 4.97. The molecule has 0 heterocycles. The van der Waals surface area contributed by atoms with Crippen molar-refractivity contribution in [3.8, 4) is 6.07 Å². The van der Waals surface area contributed by atoms with Gasteiger partial charge in [-0.25, -0.2) is 8.42 Å². The Labute approximate surface area is 183 Å². The van der Waals surface area contributed by atoms with E-state index >= 15 is 0 Å². The second-order valence-electron chi connectivity index (χ2n) is 7.40. The Morgan fingerprint density at radius 3 is 2.13 bits per heavy atom. The second-order valence-corrected chi connectivity index (χ2v) is 9.26. The van der Waals surface area contributed by atoms with E-state index in [-0.39, 0.29) is 23.6 Å². The van der Waals surface area contributed by atoms with Crippen molar-refractivity contribution in [1.29, 1.82) is 5.26 Å². The van der Waals surface area contributed by atoms with Crippen molar-refractivity contribution in [3.05, 3.63) is 95.1 Å². The van der Waals surface area contributed by atoms with Crippen molar-refractivity contribution >= 4 is 21.5 Å². The van der Waals surface area contributed by atoms with Gasteiger partial charge < -0.3 is 0 Å². The monoisotopic (exact) mass is 432 g/mol. The lowest BCUT2D eigenvalue weighted by molar-refractivity contribution is 0.103. The van der Waals surface area contributed by atoms with E-state index in [1.165, 1.54) is 4.31 Å². The number of unbranched alkanes of at least 4 members (excludes halogenated alkanes) is 1. The van der Waals surface area contributed by atoms with E-state index in [2.05, 4.69) is 6.07 Å². The van der Waals surface area contributed by atoms with Crippen molar-refractivity contribution in [2.24, 2.45) is 0 Å². The van der Waals surface area contributed by atoms with Gasteiger partial charge in [-0.2, -0.15) is 5.26 Å². The van der Waals surface area contributed by atoms with Gasteiger partial charge >= 0.3 is 0 Å². The maximum Gasteiger partial charge on any atom is 0.264 e. The van der Waals surface area contributed by atoms with Gasteiger partial charge in [-0.15, -0.1) is 0 Å². The molecule has 0 aliphatic rings. The van der Waals surface area contributed by atoms with E-state index < -0.39 is 10.0 Å². The van der Waals surface area contributed by atoms with Crippen LogP contribution in [0.2, 0.25) is 0 Å². The second kappa shape index (κ2) is 9.59. The number of rotatable bonds is 8. The molecule has 0 radical (unpaired) electrons. The molecule has 5 nitrogen and oxygen atoms in total. The first-order chi connectivity index (χ1) is 14.8. The van der Waals surface area contributed by atoms with Crippen LogP contribution < -0.4 is 4.31 Å². The number of carbonyl (C=O) groups is 1. The topological polar surface area (TPSA) is 78.2 Å². The van der Waals surface area contributed by atoms with Crippen LogP contribution >= 0.6 is 0 Å². The Bertz CT molecular complexity index is 1210. The van der Waals surface area contributed by atoms with Gasteiger partial charge in [-0.05, 0) is 44.5 Å². The summed E-state index contributed by atoms with van der Waals surface area (Å²) in [5.74, 6) is -0.174. The smallest absolute Gasteiger partial charge is 0.264 e. The number of nitriles is 1. The summed E-state index contributed by atoms with van der Waals surface area (Å²) >= 11 is 0. The Morgan fingerprint density at radius 1 is 0.903 bits per heavy atom. The van der Waals surface area contributed by atoms with Crippen LogP contribution in [0.4, 0.5) is 5.69 Å². The molecule has 0 atom stereocenters. The molecular weight excluding hydrogens is 408 g/mol. The van der Waals surface area contributed by atoms with E-state index in [9.17, 15) is 13.2 Å². The quantitative estimate of drug-likeness (QED) is 0.369. The highest BCUT2D eigenvalue weighted by Gasteiger charge is 2.25. The van der Waals surface area contributed by atoms with Gasteiger partial charge in [-0.1, -0.05) is 59.7 Å². The van der Waals surface area contributed by atoms with Gasteiger partial charge in [0, 0.05) is 24.1 Å². The highest BCUT2D eigenvalue weighted by molar-refractivity contribution is 7.92. The summed E-state index contributed by atoms with van der Waals surface area (Å²) in [5.41, 5.74) is 3.36. The summed E-state index contributed by atoms with van der Waals surface area (Å²) in [6.07, 6.45) is 0.625. The molecule has 0 spiro atoms. The number of anilines is 1. The fraction of sp³-hybridized carbons (Fsp3) is 0.200. The van der Waals surface area contributed by atoms with E-state index in [1.54, 1.807) is 60.7 Å². The number of benzene rings is 3. The average molecular weight is 433 g/mol. The van der Waals surface area contributed by atoms with E-state index in [4.69, 9.17) is 5.26 Å². The highest BCUT2D eigenvalue weighted by atomic mass is 32.2. The number of sulfonamides is 1. The minimum atomic E-state index is -3.85. The number of nitrogens with zero attached hydrogens (tertiary/aromatic N) is 2. The molecule has 0 saturated carbocycles. The number of hydrogen-bond acceptors (Lipinski definition) is 4. The molecule has 3 rings (SSSR count). The molecule has 0 fully saturated rings. The molecule has 0 saturated heterocycles. The van der Waals surface area contributed by atoms with Gasteiger partial charge in [0.2, 0.25) is 0 Å². The van der Waals surface area contributed by atoms with Gasteiger partial charge in [0.15, 0.2) is 5.78 Å². The van der Waals surface area contributed by atoms with Crippen LogP contribution in [0, 0.1) is 25.2 Å². The van der Waals surface area contributed by atoms with Crippen LogP contribution in [0.1, 0.15) is 39.9 Å². The minimum Gasteiger partial charge on any atom is -0.289 e. The van der Waals surface area contributed by atoms with Crippen molar-refractivity contribution in [2.45, 2.75) is 31.6 Å². The number of ketones is 1. The van der Waals surface area contributed by atoms with E-state index in [1.807, 2.05) is 26.0 Å². The Hall–Kier alpha value is -3.43. The van der Waals surface area contributed by atoms with Crippen molar-refractivity contribution in [3.63, 3.8) is 0 Å². The summed E-state index contributed by atoms with van der Waals surface area (Å²) in [5, 5.41) is 8.90. The highest BCUT2D eigenvalue weighted by Crippen LogP contribution is 2.26. The first-order valence-corrected chi connectivity index (χ1v) is 11.4. The summed E-state index contributed by atoms with van der Waals surface area (Å²) in [6.45, 7) is 3.98. The van der Waals surface area contributed by atoms with Gasteiger partial charge in [0.25, 0.3) is 10.0 Å². The Kier molecular flexibility index (Phi) is 6.88. The van der Waals surface area contributed by atoms with Crippen LogP contribution in [0.5, 0.6) is 0 Å². The van der Waals surface area contributed by atoms with Crippen molar-refractivity contribution in [1.82, 2.24) is 0 Å². The van der Waals surface area contributed by atoms with Crippen molar-refractivity contribution in [2.75, 3.05) is 10.8 Å². The lowest BCUT2D eigenvalue weighted by atomic mass is 10.0. The standard InChI is InChI=1S/C25H24N2O3S/c1-19-8-12-21(13-9-19)25(28)22-6-5-7-23(18-22)27(17-4-3-16-26)31(29,30)24-14-10-20(2)11-15-24/h5-15,18H,3-4,17H2,1-2H3. The lowest BCUT2D eigenvalue weighted by Gasteiger charge is -2.25. The van der Waals surface area contributed by atoms with Gasteiger partial charge in [0.1, 0.15) is 0 Å². The third kappa shape index (κ3) is 5.19. The number of hydrogen-bond donors (Lipinski definition) is 0. The first-order valence-electron chi connectivity index (χ1n) is 10.0. The molecule has 3 aromatic rings. The molecule has 0 N–H and O–H groups in total. The number of carbonyl (C=O) groups excluding carboxylic acids is 1. The Morgan fingerprint density at radius 2 is 1.52 bits per heavy atom. The third-order valence-corrected chi connectivity index (χ3v) is 6.81. The molecule has 0 aliphatic heterocycles. The zero-order chi connectivity index (χ0) is 22.4. The fourth-order valence-electron chi connectivity index (χ4n) is 3.20. The Balaban J connectivity index is 2.00. The van der Waals surface area contributed by atoms with Crippen LogP contribution in [0.25, 0.3) is 0 Å². The summed E-state index contributed by atoms with van der Waals surface area (Å²) in [7, 11) is -3.85. The molecule has 0 aliphatic carbocycles. The van der Waals surface area contributed by atoms with Gasteiger partial charge in [-0.3, -0.25) is 9.10 Å². The predicted molar refractivity (Wildman–Crippen MR) is 122 cm³/mol. The van der Waals surface area contributed by atoms with E-state index in [0.717, 1.165) is 11.1 Å². The van der Waals surface area contributed by atoms with Crippen LogP contribution in [-0.4, -0.2) is 20.7 Å². The lowest BCUT2D eigenvalue weighted by Crippen LogP contribution is -2.32. The first kappa shape index (κ1) is 22.3.